The maximum atomic E-state index is 6.97. The molecule has 0 radical (unpaired) electrons. The van der Waals surface area contributed by atoms with Crippen molar-refractivity contribution in [1.29, 1.82) is 0 Å². The zero-order chi connectivity index (χ0) is 15.3. The van der Waals surface area contributed by atoms with Gasteiger partial charge in [-0.25, -0.2) is 0 Å². The zero-order valence-corrected chi connectivity index (χ0v) is 14.5. The van der Waals surface area contributed by atoms with Crippen molar-refractivity contribution >= 4 is 0 Å². The van der Waals surface area contributed by atoms with Crippen LogP contribution in [0.5, 0.6) is 0 Å². The standard InChI is InChI=1S/C18H34N2O/c1-16(2)13-14(17(3,4)21-16)15(19)18(9-5-6-10-18)20-11-7-8-12-20/h14-15H,5-13,19H2,1-4H3. The molecule has 0 aromatic rings. The normalized spacial score (nSPS) is 36.1. The van der Waals surface area contributed by atoms with Crippen LogP contribution in [0.1, 0.15) is 72.6 Å². The molecule has 3 nitrogen and oxygen atoms in total. The summed E-state index contributed by atoms with van der Waals surface area (Å²) >= 11 is 0. The van der Waals surface area contributed by atoms with Gasteiger partial charge in [-0.2, -0.15) is 0 Å². The van der Waals surface area contributed by atoms with E-state index in [0.717, 1.165) is 6.42 Å². The third-order valence-electron chi connectivity index (χ3n) is 6.40. The van der Waals surface area contributed by atoms with Gasteiger partial charge in [-0.05, 0) is 72.9 Å². The lowest BCUT2D eigenvalue weighted by Crippen LogP contribution is -2.62. The molecule has 0 aromatic heterocycles. The van der Waals surface area contributed by atoms with E-state index in [1.54, 1.807) is 0 Å². The average molecular weight is 294 g/mol. The van der Waals surface area contributed by atoms with Gasteiger partial charge in [-0.3, -0.25) is 4.90 Å². The summed E-state index contributed by atoms with van der Waals surface area (Å²) < 4.78 is 6.34. The molecule has 122 valence electrons. The molecule has 0 amide bonds. The molecule has 2 heterocycles. The van der Waals surface area contributed by atoms with E-state index < -0.39 is 0 Å². The minimum Gasteiger partial charge on any atom is -0.369 e. The van der Waals surface area contributed by atoms with E-state index in [1.807, 2.05) is 0 Å². The van der Waals surface area contributed by atoms with Crippen LogP contribution in [0.15, 0.2) is 0 Å². The lowest BCUT2D eigenvalue weighted by molar-refractivity contribution is -0.0829. The van der Waals surface area contributed by atoms with E-state index in [0.29, 0.717) is 5.92 Å². The summed E-state index contributed by atoms with van der Waals surface area (Å²) in [5, 5.41) is 0. The molecule has 3 heteroatoms. The highest BCUT2D eigenvalue weighted by Gasteiger charge is 2.55. The molecular weight excluding hydrogens is 260 g/mol. The lowest BCUT2D eigenvalue weighted by atomic mass is 9.72. The Morgan fingerprint density at radius 1 is 1.00 bits per heavy atom. The first-order valence-corrected chi connectivity index (χ1v) is 8.98. The van der Waals surface area contributed by atoms with Crippen LogP contribution in [0.4, 0.5) is 0 Å². The third kappa shape index (κ3) is 2.66. The Morgan fingerprint density at radius 2 is 1.57 bits per heavy atom. The van der Waals surface area contributed by atoms with E-state index in [-0.39, 0.29) is 22.8 Å². The van der Waals surface area contributed by atoms with Gasteiger partial charge in [0.2, 0.25) is 0 Å². The Morgan fingerprint density at radius 3 is 2.05 bits per heavy atom. The van der Waals surface area contributed by atoms with Gasteiger partial charge in [0, 0.05) is 17.5 Å². The molecule has 2 N–H and O–H groups in total. The minimum atomic E-state index is -0.0990. The SMILES string of the molecule is CC1(C)CC(C(N)C2(N3CCCC3)CCCC2)C(C)(C)O1. The summed E-state index contributed by atoms with van der Waals surface area (Å²) in [5.74, 6) is 0.464. The molecule has 0 spiro atoms. The van der Waals surface area contributed by atoms with Gasteiger partial charge in [-0.1, -0.05) is 12.8 Å². The second-order valence-electron chi connectivity index (χ2n) is 8.81. The van der Waals surface area contributed by atoms with E-state index in [9.17, 15) is 0 Å². The second kappa shape index (κ2) is 5.21. The summed E-state index contributed by atoms with van der Waals surface area (Å²) in [6.07, 6.45) is 9.08. The first kappa shape index (κ1) is 15.8. The summed E-state index contributed by atoms with van der Waals surface area (Å²) in [6, 6.07) is 0.245. The van der Waals surface area contributed by atoms with Gasteiger partial charge in [0.1, 0.15) is 0 Å². The van der Waals surface area contributed by atoms with Crippen molar-refractivity contribution in [2.24, 2.45) is 11.7 Å². The van der Waals surface area contributed by atoms with Gasteiger partial charge in [0.15, 0.2) is 0 Å². The van der Waals surface area contributed by atoms with Crippen LogP contribution in [-0.2, 0) is 4.74 Å². The topological polar surface area (TPSA) is 38.5 Å². The summed E-state index contributed by atoms with van der Waals surface area (Å²) in [7, 11) is 0. The highest BCUT2D eigenvalue weighted by atomic mass is 16.5. The molecule has 2 saturated heterocycles. The summed E-state index contributed by atoms with van der Waals surface area (Å²) in [4.78, 5) is 2.74. The van der Waals surface area contributed by atoms with Gasteiger partial charge in [0.05, 0.1) is 11.2 Å². The highest BCUT2D eigenvalue weighted by molar-refractivity contribution is 5.11. The van der Waals surface area contributed by atoms with Gasteiger partial charge < -0.3 is 10.5 Å². The van der Waals surface area contributed by atoms with Crippen molar-refractivity contribution in [3.05, 3.63) is 0 Å². The second-order valence-corrected chi connectivity index (χ2v) is 8.81. The Hall–Kier alpha value is -0.120. The Labute approximate surface area is 130 Å². The van der Waals surface area contributed by atoms with Gasteiger partial charge >= 0.3 is 0 Å². The van der Waals surface area contributed by atoms with Crippen LogP contribution < -0.4 is 5.73 Å². The molecule has 1 aliphatic carbocycles. The molecule has 2 atom stereocenters. The fraction of sp³-hybridized carbons (Fsp3) is 1.00. The zero-order valence-electron chi connectivity index (χ0n) is 14.5. The van der Waals surface area contributed by atoms with Crippen molar-refractivity contribution in [1.82, 2.24) is 4.90 Å². The quantitative estimate of drug-likeness (QED) is 0.868. The molecule has 3 aliphatic rings. The molecular formula is C18H34N2O. The number of likely N-dealkylation sites (tertiary alicyclic amines) is 1. The van der Waals surface area contributed by atoms with Crippen molar-refractivity contribution in [2.75, 3.05) is 13.1 Å². The summed E-state index contributed by atoms with van der Waals surface area (Å²) in [6.45, 7) is 11.4. The number of hydrogen-bond donors (Lipinski definition) is 1. The van der Waals surface area contributed by atoms with Crippen LogP contribution in [0.3, 0.4) is 0 Å². The van der Waals surface area contributed by atoms with Crippen molar-refractivity contribution in [2.45, 2.75) is 95.4 Å². The average Bonchev–Trinajstić information content (AvgIpc) is 3.06. The number of hydrogen-bond acceptors (Lipinski definition) is 3. The molecule has 0 bridgehead atoms. The van der Waals surface area contributed by atoms with E-state index in [2.05, 4.69) is 32.6 Å². The largest absolute Gasteiger partial charge is 0.369 e. The van der Waals surface area contributed by atoms with Gasteiger partial charge in [0.25, 0.3) is 0 Å². The highest BCUT2D eigenvalue weighted by Crippen LogP contribution is 2.49. The molecule has 3 fully saturated rings. The molecule has 3 rings (SSSR count). The fourth-order valence-corrected chi connectivity index (χ4v) is 5.55. The molecule has 1 saturated carbocycles. The minimum absolute atomic E-state index is 0.0312. The third-order valence-corrected chi connectivity index (χ3v) is 6.40. The van der Waals surface area contributed by atoms with Crippen LogP contribution in [0.25, 0.3) is 0 Å². The number of nitrogens with two attached hydrogens (primary N) is 1. The predicted molar refractivity (Wildman–Crippen MR) is 87.3 cm³/mol. The Kier molecular flexibility index (Phi) is 3.91. The van der Waals surface area contributed by atoms with Crippen LogP contribution >= 0.6 is 0 Å². The molecule has 0 aromatic carbocycles. The van der Waals surface area contributed by atoms with E-state index >= 15 is 0 Å². The Bertz CT molecular complexity index is 379. The van der Waals surface area contributed by atoms with Crippen LogP contribution in [0.2, 0.25) is 0 Å². The van der Waals surface area contributed by atoms with Crippen LogP contribution in [0, 0.1) is 5.92 Å². The summed E-state index contributed by atoms with van der Waals surface area (Å²) in [5.41, 5.74) is 7.10. The maximum Gasteiger partial charge on any atom is 0.0678 e. The molecule has 2 unspecified atom stereocenters. The smallest absolute Gasteiger partial charge is 0.0678 e. The van der Waals surface area contributed by atoms with Crippen molar-refractivity contribution in [3.63, 3.8) is 0 Å². The molecule has 21 heavy (non-hydrogen) atoms. The molecule has 2 aliphatic heterocycles. The lowest BCUT2D eigenvalue weighted by Gasteiger charge is -2.48. The number of rotatable bonds is 3. The predicted octanol–water partition coefficient (Wildman–Crippen LogP) is 3.32. The van der Waals surface area contributed by atoms with E-state index in [1.165, 1.54) is 51.6 Å². The first-order chi connectivity index (χ1) is 9.77. The van der Waals surface area contributed by atoms with Crippen molar-refractivity contribution < 1.29 is 4.74 Å². The van der Waals surface area contributed by atoms with Crippen LogP contribution in [-0.4, -0.2) is 40.8 Å². The van der Waals surface area contributed by atoms with E-state index in [4.69, 9.17) is 10.5 Å². The first-order valence-electron chi connectivity index (χ1n) is 8.98. The number of nitrogens with zero attached hydrogens (tertiary/aromatic N) is 1. The van der Waals surface area contributed by atoms with Crippen molar-refractivity contribution in [3.8, 4) is 0 Å². The Balaban J connectivity index is 1.86. The van der Waals surface area contributed by atoms with Gasteiger partial charge in [-0.15, -0.1) is 0 Å². The maximum absolute atomic E-state index is 6.97. The number of ether oxygens (including phenoxy) is 1. The monoisotopic (exact) mass is 294 g/mol. The fourth-order valence-electron chi connectivity index (χ4n) is 5.55.